The van der Waals surface area contributed by atoms with Gasteiger partial charge in [-0.15, -0.1) is 0 Å². The lowest BCUT2D eigenvalue weighted by molar-refractivity contribution is 0.173. The summed E-state index contributed by atoms with van der Waals surface area (Å²) in [5.74, 6) is 3.47. The highest BCUT2D eigenvalue weighted by Crippen LogP contribution is 2.42. The van der Waals surface area contributed by atoms with E-state index in [0.717, 1.165) is 41.6 Å². The van der Waals surface area contributed by atoms with Crippen LogP contribution in [-0.4, -0.2) is 20.5 Å². The van der Waals surface area contributed by atoms with Crippen molar-refractivity contribution in [2.45, 2.75) is 39.0 Å². The van der Waals surface area contributed by atoms with Crippen LogP contribution in [0.15, 0.2) is 36.4 Å². The molecule has 1 aliphatic rings. The van der Waals surface area contributed by atoms with Gasteiger partial charge in [-0.1, -0.05) is 38.8 Å². The van der Waals surface area contributed by atoms with E-state index < -0.39 is 0 Å². The largest absolute Gasteiger partial charge is 0.497 e. The highest BCUT2D eigenvalue weighted by molar-refractivity contribution is 5.54. The molecule has 1 atom stereocenters. The normalized spacial score (nSPS) is 13.6. The maximum atomic E-state index is 6.09. The van der Waals surface area contributed by atoms with Crippen molar-refractivity contribution in [2.75, 3.05) is 20.5 Å². The van der Waals surface area contributed by atoms with Crippen molar-refractivity contribution in [3.8, 4) is 23.0 Å². The van der Waals surface area contributed by atoms with Gasteiger partial charge in [-0.25, -0.2) is 0 Å². The molecule has 0 amide bonds. The second-order valence-electron chi connectivity index (χ2n) is 6.29. The lowest BCUT2D eigenvalue weighted by Gasteiger charge is -2.18. The first-order valence-electron chi connectivity index (χ1n) is 8.93. The quantitative estimate of drug-likeness (QED) is 0.622. The minimum Gasteiger partial charge on any atom is -0.497 e. The van der Waals surface area contributed by atoms with Gasteiger partial charge in [0.25, 0.3) is 0 Å². The van der Waals surface area contributed by atoms with Crippen LogP contribution in [0.1, 0.15) is 50.2 Å². The van der Waals surface area contributed by atoms with Gasteiger partial charge < -0.3 is 18.9 Å². The number of fused-ring (bicyclic) bond motifs is 1. The van der Waals surface area contributed by atoms with Gasteiger partial charge in [-0.05, 0) is 30.2 Å². The Kier molecular flexibility index (Phi) is 5.69. The van der Waals surface area contributed by atoms with Crippen molar-refractivity contribution in [1.29, 1.82) is 0 Å². The average molecular weight is 342 g/mol. The van der Waals surface area contributed by atoms with E-state index in [9.17, 15) is 0 Å². The fourth-order valence-corrected chi connectivity index (χ4v) is 3.01. The zero-order valence-corrected chi connectivity index (χ0v) is 15.2. The third kappa shape index (κ3) is 4.01. The Hall–Kier alpha value is -2.36. The van der Waals surface area contributed by atoms with Gasteiger partial charge in [0.2, 0.25) is 6.79 Å². The molecule has 3 rings (SSSR count). The fraction of sp³-hybridized carbons (Fsp3) is 0.429. The molecule has 4 nitrogen and oxygen atoms in total. The van der Waals surface area contributed by atoms with Gasteiger partial charge in [-0.2, -0.15) is 0 Å². The smallest absolute Gasteiger partial charge is 0.231 e. The second-order valence-corrected chi connectivity index (χ2v) is 6.29. The van der Waals surface area contributed by atoms with E-state index in [1.54, 1.807) is 7.11 Å². The van der Waals surface area contributed by atoms with Crippen LogP contribution in [0.2, 0.25) is 0 Å². The predicted molar refractivity (Wildman–Crippen MR) is 98.1 cm³/mol. The lowest BCUT2D eigenvalue weighted by Crippen LogP contribution is -2.04. The van der Waals surface area contributed by atoms with Gasteiger partial charge >= 0.3 is 0 Å². The summed E-state index contributed by atoms with van der Waals surface area (Å²) in [7, 11) is 1.68. The number of benzene rings is 2. The zero-order valence-electron chi connectivity index (χ0n) is 15.2. The monoisotopic (exact) mass is 342 g/mol. The van der Waals surface area contributed by atoms with E-state index in [-0.39, 0.29) is 12.7 Å². The maximum absolute atomic E-state index is 6.09. The molecule has 1 aliphatic heterocycles. The van der Waals surface area contributed by atoms with Gasteiger partial charge in [0.05, 0.1) is 13.7 Å². The topological polar surface area (TPSA) is 36.9 Å². The molecular formula is C21H26O4. The molecule has 0 saturated carbocycles. The van der Waals surface area contributed by atoms with Gasteiger partial charge in [0.15, 0.2) is 11.5 Å². The van der Waals surface area contributed by atoms with E-state index >= 15 is 0 Å². The molecule has 2 aromatic rings. The van der Waals surface area contributed by atoms with Crippen molar-refractivity contribution in [1.82, 2.24) is 0 Å². The molecule has 0 N–H and O–H groups in total. The number of methoxy groups -OCH3 is 1. The van der Waals surface area contributed by atoms with Crippen LogP contribution in [0.25, 0.3) is 0 Å². The zero-order chi connectivity index (χ0) is 17.6. The summed E-state index contributed by atoms with van der Waals surface area (Å²) in [6, 6.07) is 12.2. The number of ether oxygens (including phenoxy) is 4. The molecule has 0 unspecified atom stereocenters. The Balaban J connectivity index is 1.86. The molecule has 4 heteroatoms. The van der Waals surface area contributed by atoms with E-state index in [2.05, 4.69) is 26.0 Å². The third-order valence-electron chi connectivity index (χ3n) is 4.59. The summed E-state index contributed by atoms with van der Waals surface area (Å²) in [5, 5.41) is 0. The highest BCUT2D eigenvalue weighted by atomic mass is 16.7. The number of hydrogen-bond acceptors (Lipinski definition) is 4. The SMILES string of the molecule is CCCCCOc1cc2c(cc1[C@H](C)c1ccc(OC)cc1)OCO2. The third-order valence-corrected chi connectivity index (χ3v) is 4.59. The van der Waals surface area contributed by atoms with Gasteiger partial charge in [-0.3, -0.25) is 0 Å². The maximum Gasteiger partial charge on any atom is 0.231 e. The van der Waals surface area contributed by atoms with Crippen LogP contribution in [0, 0.1) is 0 Å². The first kappa shape index (κ1) is 17.5. The van der Waals surface area contributed by atoms with Gasteiger partial charge in [0.1, 0.15) is 11.5 Å². The molecule has 0 fully saturated rings. The van der Waals surface area contributed by atoms with E-state index in [0.29, 0.717) is 0 Å². The van der Waals surface area contributed by atoms with Crippen LogP contribution in [0.4, 0.5) is 0 Å². The molecule has 0 saturated heterocycles. The summed E-state index contributed by atoms with van der Waals surface area (Å²) >= 11 is 0. The fourth-order valence-electron chi connectivity index (χ4n) is 3.01. The molecule has 1 heterocycles. The van der Waals surface area contributed by atoms with Crippen LogP contribution in [-0.2, 0) is 0 Å². The summed E-state index contributed by atoms with van der Waals surface area (Å²) in [6.45, 7) is 5.36. The average Bonchev–Trinajstić information content (AvgIpc) is 3.11. The van der Waals surface area contributed by atoms with Crippen LogP contribution in [0.3, 0.4) is 0 Å². The van der Waals surface area contributed by atoms with Crippen molar-refractivity contribution in [2.24, 2.45) is 0 Å². The molecule has 25 heavy (non-hydrogen) atoms. The molecule has 0 bridgehead atoms. The van der Waals surface area contributed by atoms with Crippen LogP contribution in [0.5, 0.6) is 23.0 Å². The van der Waals surface area contributed by atoms with Crippen LogP contribution < -0.4 is 18.9 Å². The van der Waals surface area contributed by atoms with Crippen molar-refractivity contribution in [3.63, 3.8) is 0 Å². The first-order chi connectivity index (χ1) is 12.2. The van der Waals surface area contributed by atoms with Crippen molar-refractivity contribution >= 4 is 0 Å². The molecular weight excluding hydrogens is 316 g/mol. The van der Waals surface area contributed by atoms with E-state index in [1.807, 2.05) is 24.3 Å². The first-order valence-corrected chi connectivity index (χ1v) is 8.93. The summed E-state index contributed by atoms with van der Waals surface area (Å²) in [6.07, 6.45) is 3.41. The predicted octanol–water partition coefficient (Wildman–Crippen LogP) is 5.14. The Labute approximate surface area is 149 Å². The van der Waals surface area contributed by atoms with Crippen molar-refractivity contribution in [3.05, 3.63) is 47.5 Å². The summed E-state index contributed by atoms with van der Waals surface area (Å²) in [4.78, 5) is 0. The Morgan fingerprint density at radius 1 is 1.04 bits per heavy atom. The number of hydrogen-bond donors (Lipinski definition) is 0. The van der Waals surface area contributed by atoms with E-state index in [1.165, 1.54) is 18.4 Å². The molecule has 0 aromatic heterocycles. The molecule has 0 radical (unpaired) electrons. The molecule has 0 aliphatic carbocycles. The molecule has 2 aromatic carbocycles. The van der Waals surface area contributed by atoms with Crippen molar-refractivity contribution < 1.29 is 18.9 Å². The second kappa shape index (κ2) is 8.15. The highest BCUT2D eigenvalue weighted by Gasteiger charge is 2.22. The summed E-state index contributed by atoms with van der Waals surface area (Å²) in [5.41, 5.74) is 2.32. The Morgan fingerprint density at radius 3 is 2.44 bits per heavy atom. The van der Waals surface area contributed by atoms with Crippen LogP contribution >= 0.6 is 0 Å². The minimum absolute atomic E-state index is 0.182. The Bertz CT molecular complexity index is 694. The summed E-state index contributed by atoms with van der Waals surface area (Å²) < 4.78 is 22.4. The van der Waals surface area contributed by atoms with Gasteiger partial charge in [0, 0.05) is 17.5 Å². The molecule has 0 spiro atoms. The van der Waals surface area contributed by atoms with E-state index in [4.69, 9.17) is 18.9 Å². The minimum atomic E-state index is 0.182. The molecule has 134 valence electrons. The standard InChI is InChI=1S/C21H26O4/c1-4-5-6-11-23-19-13-21-20(24-14-25-21)12-18(19)15(2)16-7-9-17(22-3)10-8-16/h7-10,12-13,15H,4-6,11,14H2,1-3H3/t15-/m1/s1. The number of rotatable bonds is 8. The number of unbranched alkanes of at least 4 members (excludes halogenated alkanes) is 2. The Morgan fingerprint density at radius 2 is 1.76 bits per heavy atom. The lowest BCUT2D eigenvalue weighted by atomic mass is 9.92.